The fourth-order valence-electron chi connectivity index (χ4n) is 2.46. The molecule has 0 fully saturated rings. The quantitative estimate of drug-likeness (QED) is 0.335. The Balaban J connectivity index is 1.69. The van der Waals surface area contributed by atoms with Crippen LogP contribution in [0.4, 0.5) is 17.8 Å². The maximum atomic E-state index is 11.5. The van der Waals surface area contributed by atoms with Gasteiger partial charge in [-0.15, -0.1) is 0 Å². The average molecular weight is 405 g/mol. The fourth-order valence-corrected chi connectivity index (χ4v) is 2.46. The van der Waals surface area contributed by atoms with Crippen molar-refractivity contribution in [2.24, 2.45) is 5.10 Å². The van der Waals surface area contributed by atoms with E-state index in [0.717, 1.165) is 11.1 Å². The van der Waals surface area contributed by atoms with Crippen molar-refractivity contribution in [3.63, 3.8) is 0 Å². The maximum absolute atomic E-state index is 11.5. The molecular weight excluding hydrogens is 382 g/mol. The van der Waals surface area contributed by atoms with Gasteiger partial charge in [-0.2, -0.15) is 20.1 Å². The monoisotopic (exact) mass is 405 g/mol. The van der Waals surface area contributed by atoms with Crippen LogP contribution >= 0.6 is 0 Å². The van der Waals surface area contributed by atoms with Gasteiger partial charge in [-0.25, -0.2) is 10.2 Å². The molecule has 0 unspecified atom stereocenters. The third-order valence-corrected chi connectivity index (χ3v) is 4.03. The van der Waals surface area contributed by atoms with Gasteiger partial charge in [0.15, 0.2) is 0 Å². The minimum atomic E-state index is -0.381. The Kier molecular flexibility index (Phi) is 6.88. The number of carbonyl (C=O) groups excluding carboxylic acids is 1. The first kappa shape index (κ1) is 20.7. The second-order valence-corrected chi connectivity index (χ2v) is 6.50. The van der Waals surface area contributed by atoms with E-state index in [1.807, 2.05) is 44.4 Å². The van der Waals surface area contributed by atoms with Gasteiger partial charge in [-0.3, -0.25) is 0 Å². The zero-order valence-electron chi connectivity index (χ0n) is 17.0. The number of nitrogens with one attached hydrogen (secondary N) is 2. The topological polar surface area (TPSA) is 105 Å². The molecule has 1 heterocycles. The molecule has 0 amide bonds. The fraction of sp³-hybridized carbons (Fsp3) is 0.190. The highest BCUT2D eigenvalue weighted by Crippen LogP contribution is 2.13. The summed E-state index contributed by atoms with van der Waals surface area (Å²) in [4.78, 5) is 26.4. The van der Waals surface area contributed by atoms with Crippen LogP contribution in [0.1, 0.15) is 21.5 Å². The lowest BCUT2D eigenvalue weighted by atomic mass is 10.1. The van der Waals surface area contributed by atoms with Crippen LogP contribution in [0.5, 0.6) is 0 Å². The molecule has 0 radical (unpaired) electrons. The molecule has 2 aromatic carbocycles. The third kappa shape index (κ3) is 5.74. The number of ether oxygens (including phenoxy) is 1. The molecule has 0 aliphatic carbocycles. The van der Waals surface area contributed by atoms with Gasteiger partial charge in [-0.05, 0) is 23.3 Å². The van der Waals surface area contributed by atoms with Gasteiger partial charge in [0.25, 0.3) is 0 Å². The highest BCUT2D eigenvalue weighted by molar-refractivity contribution is 5.90. The Morgan fingerprint density at radius 2 is 1.73 bits per heavy atom. The number of carbonyl (C=O) groups is 1. The molecule has 0 saturated carbocycles. The van der Waals surface area contributed by atoms with Crippen LogP contribution in [-0.4, -0.2) is 48.3 Å². The molecule has 0 bridgehead atoms. The van der Waals surface area contributed by atoms with Crippen LogP contribution in [0.25, 0.3) is 0 Å². The second kappa shape index (κ2) is 9.97. The number of hydrogen-bond acceptors (Lipinski definition) is 9. The number of anilines is 3. The van der Waals surface area contributed by atoms with E-state index in [1.54, 1.807) is 35.4 Å². The van der Waals surface area contributed by atoms with Crippen LogP contribution in [0.15, 0.2) is 59.7 Å². The predicted molar refractivity (Wildman–Crippen MR) is 117 cm³/mol. The van der Waals surface area contributed by atoms with E-state index in [2.05, 4.69) is 35.5 Å². The smallest absolute Gasteiger partial charge is 0.337 e. The maximum Gasteiger partial charge on any atom is 0.337 e. The van der Waals surface area contributed by atoms with E-state index in [1.165, 1.54) is 7.11 Å². The van der Waals surface area contributed by atoms with E-state index in [9.17, 15) is 4.79 Å². The summed E-state index contributed by atoms with van der Waals surface area (Å²) in [6, 6.07) is 16.9. The van der Waals surface area contributed by atoms with E-state index in [-0.39, 0.29) is 5.97 Å². The molecule has 9 heteroatoms. The Hall–Kier alpha value is -4.01. The second-order valence-electron chi connectivity index (χ2n) is 6.50. The molecule has 3 aromatic rings. The first-order valence-corrected chi connectivity index (χ1v) is 9.24. The van der Waals surface area contributed by atoms with Crippen LogP contribution in [0, 0.1) is 0 Å². The predicted octanol–water partition coefficient (Wildman–Crippen LogP) is 2.78. The molecule has 0 aliphatic rings. The van der Waals surface area contributed by atoms with E-state index >= 15 is 0 Å². The van der Waals surface area contributed by atoms with Gasteiger partial charge in [0.2, 0.25) is 17.8 Å². The van der Waals surface area contributed by atoms with Crippen LogP contribution in [0.2, 0.25) is 0 Å². The molecule has 3 rings (SSSR count). The number of esters is 1. The standard InChI is InChI=1S/C21H23N7O2/c1-28(2)21-25-19(22-13-15-7-5-4-6-8-15)24-20(26-21)27-23-14-16-9-11-17(12-10-16)18(29)30-3/h4-12,14H,13H2,1-3H3,(H2,22,24,25,26,27)/b23-14-. The molecular formula is C21H23N7O2. The summed E-state index contributed by atoms with van der Waals surface area (Å²) in [6.45, 7) is 0.590. The lowest BCUT2D eigenvalue weighted by Gasteiger charge is -2.13. The molecule has 30 heavy (non-hydrogen) atoms. The van der Waals surface area contributed by atoms with Crippen LogP contribution in [-0.2, 0) is 11.3 Å². The third-order valence-electron chi connectivity index (χ3n) is 4.03. The summed E-state index contributed by atoms with van der Waals surface area (Å²) in [5, 5.41) is 7.38. The van der Waals surface area contributed by atoms with Crippen molar-refractivity contribution in [3.05, 3.63) is 71.3 Å². The molecule has 154 valence electrons. The summed E-state index contributed by atoms with van der Waals surface area (Å²) in [5.41, 5.74) is 5.22. The number of methoxy groups -OCH3 is 1. The largest absolute Gasteiger partial charge is 0.465 e. The zero-order valence-corrected chi connectivity index (χ0v) is 17.0. The number of aromatic nitrogens is 3. The molecule has 0 atom stereocenters. The first-order valence-electron chi connectivity index (χ1n) is 9.24. The van der Waals surface area contributed by atoms with Gasteiger partial charge in [0.1, 0.15) is 0 Å². The molecule has 0 spiro atoms. The molecule has 9 nitrogen and oxygen atoms in total. The summed E-state index contributed by atoms with van der Waals surface area (Å²) in [7, 11) is 5.06. The van der Waals surface area contributed by atoms with Crippen molar-refractivity contribution in [2.75, 3.05) is 36.8 Å². The molecule has 0 aliphatic heterocycles. The van der Waals surface area contributed by atoms with Crippen LogP contribution < -0.4 is 15.6 Å². The number of hydrazone groups is 1. The number of hydrogen-bond donors (Lipinski definition) is 2. The zero-order chi connectivity index (χ0) is 21.3. The minimum Gasteiger partial charge on any atom is -0.465 e. The Morgan fingerprint density at radius 3 is 2.40 bits per heavy atom. The lowest BCUT2D eigenvalue weighted by Crippen LogP contribution is -2.16. The van der Waals surface area contributed by atoms with Crippen molar-refractivity contribution in [1.29, 1.82) is 0 Å². The first-order chi connectivity index (χ1) is 14.5. The average Bonchev–Trinajstić information content (AvgIpc) is 2.78. The summed E-state index contributed by atoms with van der Waals surface area (Å²) >= 11 is 0. The number of benzene rings is 2. The summed E-state index contributed by atoms with van der Waals surface area (Å²) in [5.74, 6) is 0.874. The summed E-state index contributed by atoms with van der Waals surface area (Å²) < 4.78 is 4.69. The van der Waals surface area contributed by atoms with Gasteiger partial charge in [0.05, 0.1) is 18.9 Å². The van der Waals surface area contributed by atoms with Crippen molar-refractivity contribution in [3.8, 4) is 0 Å². The Bertz CT molecular complexity index is 1010. The molecule has 1 aromatic heterocycles. The normalized spacial score (nSPS) is 10.6. The van der Waals surface area contributed by atoms with E-state index in [0.29, 0.717) is 30.0 Å². The SMILES string of the molecule is COC(=O)c1ccc(/C=N\Nc2nc(NCc3ccccc3)nc(N(C)C)n2)cc1. The number of rotatable bonds is 8. The van der Waals surface area contributed by atoms with E-state index in [4.69, 9.17) is 0 Å². The minimum absolute atomic E-state index is 0.312. The lowest BCUT2D eigenvalue weighted by molar-refractivity contribution is 0.0600. The van der Waals surface area contributed by atoms with Gasteiger partial charge in [0, 0.05) is 20.6 Å². The van der Waals surface area contributed by atoms with Crippen molar-refractivity contribution < 1.29 is 9.53 Å². The molecule has 2 N–H and O–H groups in total. The Labute approximate surface area is 174 Å². The van der Waals surface area contributed by atoms with Crippen LogP contribution in [0.3, 0.4) is 0 Å². The van der Waals surface area contributed by atoms with Crippen molar-refractivity contribution in [1.82, 2.24) is 15.0 Å². The van der Waals surface area contributed by atoms with Gasteiger partial charge < -0.3 is 15.0 Å². The van der Waals surface area contributed by atoms with Gasteiger partial charge >= 0.3 is 5.97 Å². The van der Waals surface area contributed by atoms with Crippen molar-refractivity contribution in [2.45, 2.75) is 6.54 Å². The molecule has 0 saturated heterocycles. The highest BCUT2D eigenvalue weighted by atomic mass is 16.5. The highest BCUT2D eigenvalue weighted by Gasteiger charge is 2.08. The Morgan fingerprint density at radius 1 is 1.03 bits per heavy atom. The van der Waals surface area contributed by atoms with Gasteiger partial charge in [-0.1, -0.05) is 42.5 Å². The number of nitrogens with zero attached hydrogens (tertiary/aromatic N) is 5. The summed E-state index contributed by atoms with van der Waals surface area (Å²) in [6.07, 6.45) is 1.61. The van der Waals surface area contributed by atoms with E-state index < -0.39 is 0 Å². The van der Waals surface area contributed by atoms with Crippen molar-refractivity contribution >= 4 is 30.0 Å².